The SMILES string of the molecule is Cc1cc(F)cc(N2CCCCC2=N)c1. The van der Waals surface area contributed by atoms with Crippen molar-refractivity contribution in [2.45, 2.75) is 26.2 Å². The second-order valence-corrected chi connectivity index (χ2v) is 4.04. The standard InChI is InChI=1S/C12H15FN2/c1-9-6-10(13)8-11(7-9)15-5-3-2-4-12(15)14/h6-8,14H,2-5H2,1H3. The largest absolute Gasteiger partial charge is 0.330 e. The van der Waals surface area contributed by atoms with Crippen LogP contribution in [0.25, 0.3) is 0 Å². The van der Waals surface area contributed by atoms with Gasteiger partial charge in [-0.3, -0.25) is 5.41 Å². The Labute approximate surface area is 89.2 Å². The van der Waals surface area contributed by atoms with Gasteiger partial charge in [0.15, 0.2) is 0 Å². The highest BCUT2D eigenvalue weighted by Crippen LogP contribution is 2.23. The highest BCUT2D eigenvalue weighted by Gasteiger charge is 2.17. The van der Waals surface area contributed by atoms with Crippen molar-refractivity contribution < 1.29 is 4.39 Å². The number of amidine groups is 1. The third-order valence-corrected chi connectivity index (χ3v) is 2.71. The number of hydrogen-bond acceptors (Lipinski definition) is 1. The Balaban J connectivity index is 2.31. The molecular formula is C12H15FN2. The van der Waals surface area contributed by atoms with Crippen LogP contribution < -0.4 is 4.90 Å². The highest BCUT2D eigenvalue weighted by molar-refractivity contribution is 5.96. The zero-order valence-corrected chi connectivity index (χ0v) is 8.89. The molecule has 0 aliphatic carbocycles. The molecule has 3 heteroatoms. The lowest BCUT2D eigenvalue weighted by Gasteiger charge is -2.29. The number of nitrogens with zero attached hydrogens (tertiary/aromatic N) is 1. The molecule has 80 valence electrons. The van der Waals surface area contributed by atoms with E-state index in [4.69, 9.17) is 5.41 Å². The van der Waals surface area contributed by atoms with Crippen LogP contribution in [-0.2, 0) is 0 Å². The van der Waals surface area contributed by atoms with E-state index >= 15 is 0 Å². The van der Waals surface area contributed by atoms with Crippen LogP contribution in [0.4, 0.5) is 10.1 Å². The molecule has 15 heavy (non-hydrogen) atoms. The number of nitrogens with one attached hydrogen (secondary N) is 1. The summed E-state index contributed by atoms with van der Waals surface area (Å²) in [6.07, 6.45) is 2.96. The first kappa shape index (κ1) is 10.1. The van der Waals surface area contributed by atoms with E-state index in [-0.39, 0.29) is 5.82 Å². The van der Waals surface area contributed by atoms with E-state index in [0.29, 0.717) is 5.84 Å². The van der Waals surface area contributed by atoms with E-state index in [1.165, 1.54) is 12.1 Å². The van der Waals surface area contributed by atoms with Gasteiger partial charge in [0.25, 0.3) is 0 Å². The van der Waals surface area contributed by atoms with Crippen LogP contribution in [0, 0.1) is 18.2 Å². The normalized spacial score (nSPS) is 16.9. The van der Waals surface area contributed by atoms with Gasteiger partial charge in [0.1, 0.15) is 11.7 Å². The van der Waals surface area contributed by atoms with Gasteiger partial charge in [-0.25, -0.2) is 4.39 Å². The van der Waals surface area contributed by atoms with E-state index in [2.05, 4.69) is 0 Å². The minimum Gasteiger partial charge on any atom is -0.330 e. The van der Waals surface area contributed by atoms with Crippen molar-refractivity contribution in [3.05, 3.63) is 29.6 Å². The second kappa shape index (κ2) is 4.01. The van der Waals surface area contributed by atoms with E-state index in [0.717, 1.165) is 37.1 Å². The van der Waals surface area contributed by atoms with Crippen LogP contribution in [-0.4, -0.2) is 12.4 Å². The Morgan fingerprint density at radius 3 is 2.73 bits per heavy atom. The Kier molecular flexibility index (Phi) is 2.71. The summed E-state index contributed by atoms with van der Waals surface area (Å²) in [5, 5.41) is 7.83. The third kappa shape index (κ3) is 2.17. The summed E-state index contributed by atoms with van der Waals surface area (Å²) >= 11 is 0. The van der Waals surface area contributed by atoms with Crippen LogP contribution in [0.1, 0.15) is 24.8 Å². The molecule has 0 radical (unpaired) electrons. The summed E-state index contributed by atoms with van der Waals surface area (Å²) in [5.41, 5.74) is 1.72. The first-order valence-corrected chi connectivity index (χ1v) is 5.29. The Hall–Kier alpha value is -1.38. The molecule has 1 N–H and O–H groups in total. The van der Waals surface area contributed by atoms with Crippen LogP contribution >= 0.6 is 0 Å². The molecule has 0 atom stereocenters. The average Bonchev–Trinajstić information content (AvgIpc) is 2.16. The van der Waals surface area contributed by atoms with Crippen LogP contribution in [0.5, 0.6) is 0 Å². The van der Waals surface area contributed by atoms with Gasteiger partial charge < -0.3 is 4.90 Å². The lowest BCUT2D eigenvalue weighted by molar-refractivity contribution is 0.625. The molecule has 0 amide bonds. The van der Waals surface area contributed by atoms with Crippen molar-refractivity contribution in [3.8, 4) is 0 Å². The van der Waals surface area contributed by atoms with E-state index < -0.39 is 0 Å². The fraction of sp³-hybridized carbons (Fsp3) is 0.417. The lowest BCUT2D eigenvalue weighted by Crippen LogP contribution is -2.34. The second-order valence-electron chi connectivity index (χ2n) is 4.04. The molecule has 0 unspecified atom stereocenters. The van der Waals surface area contributed by atoms with Gasteiger partial charge in [0.05, 0.1) is 0 Å². The first-order chi connectivity index (χ1) is 7.16. The molecule has 0 spiro atoms. The van der Waals surface area contributed by atoms with Gasteiger partial charge in [0, 0.05) is 18.7 Å². The molecule has 1 aliphatic rings. The summed E-state index contributed by atoms with van der Waals surface area (Å²) in [5.74, 6) is 0.384. The Bertz CT molecular complexity index is 367. The van der Waals surface area contributed by atoms with Crippen molar-refractivity contribution in [2.75, 3.05) is 11.4 Å². The molecule has 0 aromatic heterocycles. The number of anilines is 1. The Morgan fingerprint density at radius 2 is 2.07 bits per heavy atom. The number of hydrogen-bond donors (Lipinski definition) is 1. The lowest BCUT2D eigenvalue weighted by atomic mass is 10.1. The number of aryl methyl sites for hydroxylation is 1. The summed E-state index contributed by atoms with van der Waals surface area (Å²) < 4.78 is 13.2. The monoisotopic (exact) mass is 206 g/mol. The van der Waals surface area contributed by atoms with Crippen molar-refractivity contribution in [1.82, 2.24) is 0 Å². The molecule has 2 nitrogen and oxygen atoms in total. The number of halogens is 1. The van der Waals surface area contributed by atoms with Crippen molar-refractivity contribution in [1.29, 1.82) is 5.41 Å². The van der Waals surface area contributed by atoms with Crippen molar-refractivity contribution in [3.63, 3.8) is 0 Å². The third-order valence-electron chi connectivity index (χ3n) is 2.71. The number of piperidine rings is 1. The maximum absolute atomic E-state index is 13.2. The van der Waals surface area contributed by atoms with Crippen LogP contribution in [0.2, 0.25) is 0 Å². The molecular weight excluding hydrogens is 191 g/mol. The minimum atomic E-state index is -0.219. The van der Waals surface area contributed by atoms with Gasteiger partial charge in [-0.15, -0.1) is 0 Å². The summed E-state index contributed by atoms with van der Waals surface area (Å²) in [4.78, 5) is 1.90. The van der Waals surface area contributed by atoms with Gasteiger partial charge in [-0.1, -0.05) is 0 Å². The maximum Gasteiger partial charge on any atom is 0.125 e. The number of rotatable bonds is 1. The minimum absolute atomic E-state index is 0.219. The molecule has 1 aromatic rings. The smallest absolute Gasteiger partial charge is 0.125 e. The number of benzene rings is 1. The fourth-order valence-corrected chi connectivity index (χ4v) is 1.99. The summed E-state index contributed by atoms with van der Waals surface area (Å²) in [6.45, 7) is 2.71. The van der Waals surface area contributed by atoms with E-state index in [1.54, 1.807) is 0 Å². The van der Waals surface area contributed by atoms with Gasteiger partial charge >= 0.3 is 0 Å². The van der Waals surface area contributed by atoms with E-state index in [1.807, 2.05) is 17.9 Å². The predicted octanol–water partition coefficient (Wildman–Crippen LogP) is 3.10. The van der Waals surface area contributed by atoms with Gasteiger partial charge in [-0.2, -0.15) is 0 Å². The molecule has 1 aliphatic heterocycles. The average molecular weight is 206 g/mol. The topological polar surface area (TPSA) is 27.1 Å². The maximum atomic E-state index is 13.2. The molecule has 0 bridgehead atoms. The van der Waals surface area contributed by atoms with E-state index in [9.17, 15) is 4.39 Å². The molecule has 1 saturated heterocycles. The molecule has 2 rings (SSSR count). The van der Waals surface area contributed by atoms with Crippen LogP contribution in [0.3, 0.4) is 0 Å². The highest BCUT2D eigenvalue weighted by atomic mass is 19.1. The first-order valence-electron chi connectivity index (χ1n) is 5.29. The fourth-order valence-electron chi connectivity index (χ4n) is 1.99. The predicted molar refractivity (Wildman–Crippen MR) is 60.1 cm³/mol. The zero-order valence-electron chi connectivity index (χ0n) is 8.89. The van der Waals surface area contributed by atoms with Crippen LogP contribution in [0.15, 0.2) is 18.2 Å². The van der Waals surface area contributed by atoms with Gasteiger partial charge in [-0.05, 0) is 43.5 Å². The molecule has 1 heterocycles. The quantitative estimate of drug-likeness (QED) is 0.751. The van der Waals surface area contributed by atoms with Crippen molar-refractivity contribution >= 4 is 11.5 Å². The molecule has 1 fully saturated rings. The summed E-state index contributed by atoms with van der Waals surface area (Å²) in [7, 11) is 0. The van der Waals surface area contributed by atoms with Gasteiger partial charge in [0.2, 0.25) is 0 Å². The van der Waals surface area contributed by atoms with Crippen molar-refractivity contribution in [2.24, 2.45) is 0 Å². The zero-order chi connectivity index (χ0) is 10.8. The molecule has 1 aromatic carbocycles. The Morgan fingerprint density at radius 1 is 1.27 bits per heavy atom. The molecule has 0 saturated carbocycles. The summed E-state index contributed by atoms with van der Waals surface area (Å²) in [6, 6.07) is 4.95.